The molecule has 6 heteroatoms. The number of ether oxygens (including phenoxy) is 1. The summed E-state index contributed by atoms with van der Waals surface area (Å²) in [5.41, 5.74) is 6.59. The van der Waals surface area contributed by atoms with E-state index < -0.39 is 5.97 Å². The minimum atomic E-state index is -0.573. The lowest BCUT2D eigenvalue weighted by Gasteiger charge is -2.21. The molecule has 0 atom stereocenters. The van der Waals surface area contributed by atoms with E-state index in [1.807, 2.05) is 6.07 Å². The molecular weight excluding hydrogens is 234 g/mol. The number of amides is 1. The van der Waals surface area contributed by atoms with Gasteiger partial charge < -0.3 is 15.4 Å². The van der Waals surface area contributed by atoms with Crippen LogP contribution in [0.1, 0.15) is 12.5 Å². The summed E-state index contributed by atoms with van der Waals surface area (Å²) in [7, 11) is 1.23. The Morgan fingerprint density at radius 3 is 2.67 bits per heavy atom. The van der Waals surface area contributed by atoms with Crippen LogP contribution in [0.3, 0.4) is 0 Å². The van der Waals surface area contributed by atoms with Crippen molar-refractivity contribution in [2.75, 3.05) is 24.3 Å². The Kier molecular flexibility index (Phi) is 4.27. The van der Waals surface area contributed by atoms with Crippen molar-refractivity contribution in [3.8, 4) is 6.07 Å². The van der Waals surface area contributed by atoms with E-state index in [-0.39, 0.29) is 18.0 Å². The molecule has 0 heterocycles. The van der Waals surface area contributed by atoms with Crippen LogP contribution < -0.4 is 10.6 Å². The van der Waals surface area contributed by atoms with Crippen molar-refractivity contribution in [2.24, 2.45) is 0 Å². The first kappa shape index (κ1) is 13.5. The van der Waals surface area contributed by atoms with Crippen LogP contribution in [-0.2, 0) is 14.3 Å². The van der Waals surface area contributed by atoms with E-state index in [9.17, 15) is 9.59 Å². The fourth-order valence-electron chi connectivity index (χ4n) is 1.43. The van der Waals surface area contributed by atoms with Gasteiger partial charge in [0, 0.05) is 12.6 Å². The lowest BCUT2D eigenvalue weighted by Crippen LogP contribution is -2.35. The van der Waals surface area contributed by atoms with Crippen LogP contribution in [0.4, 0.5) is 11.4 Å². The Labute approximate surface area is 105 Å². The van der Waals surface area contributed by atoms with Crippen LogP contribution in [0.25, 0.3) is 0 Å². The standard InChI is InChI=1S/C12H13N3O3/c1-8(16)15(7-12(17)18-2)11-5-10(14)4-3-9(11)6-13/h3-5H,7,14H2,1-2H3. The minimum Gasteiger partial charge on any atom is -0.468 e. The largest absolute Gasteiger partial charge is 0.468 e. The van der Waals surface area contributed by atoms with Crippen molar-refractivity contribution in [3.05, 3.63) is 23.8 Å². The number of nitrogens with two attached hydrogens (primary N) is 1. The Bertz CT molecular complexity index is 520. The highest BCUT2D eigenvalue weighted by atomic mass is 16.5. The maximum atomic E-state index is 11.5. The van der Waals surface area contributed by atoms with E-state index in [2.05, 4.69) is 4.74 Å². The van der Waals surface area contributed by atoms with E-state index in [1.165, 1.54) is 26.2 Å². The van der Waals surface area contributed by atoms with Gasteiger partial charge in [0.15, 0.2) is 0 Å². The highest BCUT2D eigenvalue weighted by Gasteiger charge is 2.19. The van der Waals surface area contributed by atoms with Crippen LogP contribution in [0.15, 0.2) is 18.2 Å². The van der Waals surface area contributed by atoms with Crippen molar-refractivity contribution < 1.29 is 14.3 Å². The van der Waals surface area contributed by atoms with E-state index in [0.29, 0.717) is 11.4 Å². The number of methoxy groups -OCH3 is 1. The number of anilines is 2. The summed E-state index contributed by atoms with van der Waals surface area (Å²) >= 11 is 0. The zero-order valence-electron chi connectivity index (χ0n) is 10.1. The number of hydrogen-bond donors (Lipinski definition) is 1. The summed E-state index contributed by atoms with van der Waals surface area (Å²) in [6, 6.07) is 6.47. The monoisotopic (exact) mass is 247 g/mol. The maximum absolute atomic E-state index is 11.5. The summed E-state index contributed by atoms with van der Waals surface area (Å²) in [5.74, 6) is -0.945. The summed E-state index contributed by atoms with van der Waals surface area (Å²) in [5, 5.41) is 8.99. The molecule has 0 aromatic heterocycles. The fraction of sp³-hybridized carbons (Fsp3) is 0.250. The van der Waals surface area contributed by atoms with Crippen LogP contribution in [-0.4, -0.2) is 25.5 Å². The van der Waals surface area contributed by atoms with Gasteiger partial charge in [0.1, 0.15) is 12.6 Å². The zero-order chi connectivity index (χ0) is 13.7. The Morgan fingerprint density at radius 1 is 1.50 bits per heavy atom. The Morgan fingerprint density at radius 2 is 2.17 bits per heavy atom. The zero-order valence-corrected chi connectivity index (χ0v) is 10.1. The molecule has 0 radical (unpaired) electrons. The van der Waals surface area contributed by atoms with Gasteiger partial charge in [0.25, 0.3) is 0 Å². The highest BCUT2D eigenvalue weighted by molar-refractivity contribution is 5.97. The topological polar surface area (TPSA) is 96.4 Å². The molecule has 0 saturated carbocycles. The third-order valence-corrected chi connectivity index (χ3v) is 2.33. The molecule has 0 fully saturated rings. The molecule has 0 bridgehead atoms. The van der Waals surface area contributed by atoms with Crippen molar-refractivity contribution in [2.45, 2.75) is 6.92 Å². The number of hydrogen-bond acceptors (Lipinski definition) is 5. The van der Waals surface area contributed by atoms with Gasteiger partial charge >= 0.3 is 5.97 Å². The highest BCUT2D eigenvalue weighted by Crippen LogP contribution is 2.23. The number of benzene rings is 1. The smallest absolute Gasteiger partial charge is 0.325 e. The van der Waals surface area contributed by atoms with Crippen molar-refractivity contribution >= 4 is 23.3 Å². The number of rotatable bonds is 3. The lowest BCUT2D eigenvalue weighted by molar-refractivity contribution is -0.139. The minimum absolute atomic E-state index is 0.260. The van der Waals surface area contributed by atoms with E-state index in [1.54, 1.807) is 6.07 Å². The second-order valence-corrected chi connectivity index (χ2v) is 3.57. The average molecular weight is 247 g/mol. The van der Waals surface area contributed by atoms with Crippen molar-refractivity contribution in [3.63, 3.8) is 0 Å². The molecule has 1 aromatic carbocycles. The first-order chi connectivity index (χ1) is 8.49. The fourth-order valence-corrected chi connectivity index (χ4v) is 1.43. The summed E-state index contributed by atoms with van der Waals surface area (Å²) in [6.45, 7) is 1.04. The lowest BCUT2D eigenvalue weighted by atomic mass is 10.1. The van der Waals surface area contributed by atoms with Crippen LogP contribution >= 0.6 is 0 Å². The molecule has 0 spiro atoms. The number of carbonyl (C=O) groups excluding carboxylic acids is 2. The third-order valence-electron chi connectivity index (χ3n) is 2.33. The molecule has 0 saturated heterocycles. The molecule has 0 unspecified atom stereocenters. The van der Waals surface area contributed by atoms with Gasteiger partial charge in [-0.05, 0) is 18.2 Å². The summed E-state index contributed by atoms with van der Waals surface area (Å²) in [4.78, 5) is 24.0. The van der Waals surface area contributed by atoms with Crippen molar-refractivity contribution in [1.29, 1.82) is 5.26 Å². The predicted molar refractivity (Wildman–Crippen MR) is 65.6 cm³/mol. The van der Waals surface area contributed by atoms with Crippen LogP contribution in [0.5, 0.6) is 0 Å². The molecule has 1 amide bonds. The second-order valence-electron chi connectivity index (χ2n) is 3.57. The SMILES string of the molecule is COC(=O)CN(C(C)=O)c1cc(N)ccc1C#N. The van der Waals surface area contributed by atoms with Crippen LogP contribution in [0.2, 0.25) is 0 Å². The van der Waals surface area contributed by atoms with E-state index in [4.69, 9.17) is 11.0 Å². The number of nitriles is 1. The number of carbonyl (C=O) groups is 2. The van der Waals surface area contributed by atoms with Crippen LogP contribution in [0, 0.1) is 11.3 Å². The molecule has 1 aromatic rings. The Hall–Kier alpha value is -2.55. The first-order valence-electron chi connectivity index (χ1n) is 5.14. The van der Waals surface area contributed by atoms with Gasteiger partial charge in [-0.15, -0.1) is 0 Å². The summed E-state index contributed by atoms with van der Waals surface area (Å²) in [6.07, 6.45) is 0. The molecule has 94 valence electrons. The molecule has 0 aliphatic carbocycles. The number of esters is 1. The van der Waals surface area contributed by atoms with Gasteiger partial charge in [-0.25, -0.2) is 0 Å². The van der Waals surface area contributed by atoms with Gasteiger partial charge in [-0.1, -0.05) is 0 Å². The molecule has 0 aliphatic rings. The Balaban J connectivity index is 3.21. The van der Waals surface area contributed by atoms with Gasteiger partial charge in [0.2, 0.25) is 5.91 Å². The first-order valence-corrected chi connectivity index (χ1v) is 5.14. The molecule has 6 nitrogen and oxygen atoms in total. The van der Waals surface area contributed by atoms with Gasteiger partial charge in [-0.2, -0.15) is 5.26 Å². The molecule has 2 N–H and O–H groups in total. The normalized spacial score (nSPS) is 9.39. The quantitative estimate of drug-likeness (QED) is 0.625. The maximum Gasteiger partial charge on any atom is 0.325 e. The number of nitrogens with zero attached hydrogens (tertiary/aromatic N) is 2. The van der Waals surface area contributed by atoms with E-state index in [0.717, 1.165) is 4.90 Å². The average Bonchev–Trinajstić information content (AvgIpc) is 2.35. The third kappa shape index (κ3) is 2.98. The molecule has 1 rings (SSSR count). The molecule has 18 heavy (non-hydrogen) atoms. The summed E-state index contributed by atoms with van der Waals surface area (Å²) < 4.78 is 4.51. The number of nitrogen functional groups attached to an aromatic ring is 1. The van der Waals surface area contributed by atoms with Gasteiger partial charge in [0.05, 0.1) is 18.4 Å². The predicted octanol–water partition coefficient (Wildman–Crippen LogP) is 0.666. The molecular formula is C12H13N3O3. The van der Waals surface area contributed by atoms with Gasteiger partial charge in [-0.3, -0.25) is 9.59 Å². The molecule has 0 aliphatic heterocycles. The van der Waals surface area contributed by atoms with E-state index >= 15 is 0 Å². The van der Waals surface area contributed by atoms with Crippen molar-refractivity contribution in [1.82, 2.24) is 0 Å². The second kappa shape index (κ2) is 5.68.